The number of benzene rings is 2. The Hall–Kier alpha value is -2.87. The van der Waals surface area contributed by atoms with Crippen LogP contribution in [-0.2, 0) is 5.41 Å². The molecule has 33 heavy (non-hydrogen) atoms. The molecular weight excluding hydrogens is 436 g/mol. The number of hydrogen-bond acceptors (Lipinski definition) is 4. The highest BCUT2D eigenvalue weighted by Gasteiger charge is 2.59. The molecular formula is C25H28F4N2O2. The van der Waals surface area contributed by atoms with E-state index in [-0.39, 0.29) is 11.3 Å². The van der Waals surface area contributed by atoms with Crippen molar-refractivity contribution in [3.8, 4) is 5.75 Å². The van der Waals surface area contributed by atoms with Crippen molar-refractivity contribution in [2.75, 3.05) is 12.4 Å². The standard InChI is InChI=1S/C25H28F4N2O2/c1-15-9-11-18-20(30-15)7-6-8-21(18)31-16(2)24(32,25(27,28)29)14-23(3,4)19-13-17(26)10-12-22(19)33-5/h6-13,16,31-32H,14H2,1-5H3/t16?,24-/m0/s1. The summed E-state index contributed by atoms with van der Waals surface area (Å²) < 4.78 is 62.2. The summed E-state index contributed by atoms with van der Waals surface area (Å²) in [6, 6.07) is 10.9. The fourth-order valence-corrected chi connectivity index (χ4v) is 4.21. The Labute approximate surface area is 190 Å². The molecule has 0 saturated heterocycles. The Morgan fingerprint density at radius 2 is 1.79 bits per heavy atom. The van der Waals surface area contributed by atoms with Crippen LogP contribution in [0.4, 0.5) is 23.2 Å². The van der Waals surface area contributed by atoms with Crippen LogP contribution in [0.1, 0.15) is 38.4 Å². The number of nitrogens with zero attached hydrogens (tertiary/aromatic N) is 1. The van der Waals surface area contributed by atoms with Gasteiger partial charge in [-0.15, -0.1) is 0 Å². The molecule has 3 rings (SSSR count). The van der Waals surface area contributed by atoms with Gasteiger partial charge in [0.25, 0.3) is 0 Å². The number of methoxy groups -OCH3 is 1. The monoisotopic (exact) mass is 464 g/mol. The topological polar surface area (TPSA) is 54.4 Å². The third-order valence-electron chi connectivity index (χ3n) is 6.05. The summed E-state index contributed by atoms with van der Waals surface area (Å²) in [6.07, 6.45) is -5.68. The Morgan fingerprint density at radius 1 is 1.09 bits per heavy atom. The molecule has 4 nitrogen and oxygen atoms in total. The Balaban J connectivity index is 2.01. The van der Waals surface area contributed by atoms with Gasteiger partial charge in [0.15, 0.2) is 5.60 Å². The van der Waals surface area contributed by atoms with Gasteiger partial charge in [0.1, 0.15) is 11.6 Å². The molecule has 0 aliphatic carbocycles. The van der Waals surface area contributed by atoms with Crippen molar-refractivity contribution >= 4 is 16.6 Å². The van der Waals surface area contributed by atoms with E-state index in [9.17, 15) is 22.7 Å². The number of rotatable bonds is 7. The van der Waals surface area contributed by atoms with Gasteiger partial charge in [-0.2, -0.15) is 13.2 Å². The number of aliphatic hydroxyl groups is 1. The number of anilines is 1. The second-order valence-electron chi connectivity index (χ2n) is 9.02. The van der Waals surface area contributed by atoms with Crippen molar-refractivity contribution in [2.45, 2.75) is 57.3 Å². The first kappa shape index (κ1) is 24.8. The number of hydrogen-bond donors (Lipinski definition) is 2. The van der Waals surface area contributed by atoms with E-state index in [2.05, 4.69) is 10.3 Å². The molecule has 2 aromatic carbocycles. The van der Waals surface area contributed by atoms with Gasteiger partial charge < -0.3 is 15.2 Å². The average Bonchev–Trinajstić information content (AvgIpc) is 2.72. The molecule has 1 aromatic heterocycles. The molecule has 1 heterocycles. The van der Waals surface area contributed by atoms with Crippen LogP contribution >= 0.6 is 0 Å². The molecule has 2 atom stereocenters. The highest BCUT2D eigenvalue weighted by Crippen LogP contribution is 2.46. The summed E-state index contributed by atoms with van der Waals surface area (Å²) in [5, 5.41) is 14.6. The van der Waals surface area contributed by atoms with Gasteiger partial charge >= 0.3 is 6.18 Å². The highest BCUT2D eigenvalue weighted by atomic mass is 19.4. The van der Waals surface area contributed by atoms with Crippen molar-refractivity contribution in [1.82, 2.24) is 4.98 Å². The molecule has 0 fully saturated rings. The van der Waals surface area contributed by atoms with Gasteiger partial charge in [0.05, 0.1) is 18.7 Å². The van der Waals surface area contributed by atoms with Gasteiger partial charge in [-0.1, -0.05) is 19.9 Å². The van der Waals surface area contributed by atoms with Crippen molar-refractivity contribution in [3.05, 3.63) is 65.6 Å². The van der Waals surface area contributed by atoms with Crippen LogP contribution < -0.4 is 10.1 Å². The van der Waals surface area contributed by atoms with Crippen molar-refractivity contribution in [3.63, 3.8) is 0 Å². The number of fused-ring (bicyclic) bond motifs is 1. The molecule has 178 valence electrons. The second kappa shape index (κ2) is 8.82. The Bertz CT molecular complexity index is 1150. The van der Waals surface area contributed by atoms with E-state index in [0.29, 0.717) is 16.6 Å². The summed E-state index contributed by atoms with van der Waals surface area (Å²) in [5.41, 5.74) is -2.32. The lowest BCUT2D eigenvalue weighted by molar-refractivity contribution is -0.270. The van der Waals surface area contributed by atoms with Crippen molar-refractivity contribution < 1.29 is 27.4 Å². The van der Waals surface area contributed by atoms with Crippen LogP contribution in [0.2, 0.25) is 0 Å². The lowest BCUT2D eigenvalue weighted by atomic mass is 9.72. The maximum atomic E-state index is 14.3. The maximum Gasteiger partial charge on any atom is 0.419 e. The maximum absolute atomic E-state index is 14.3. The summed E-state index contributed by atoms with van der Waals surface area (Å²) in [5.74, 6) is -0.346. The van der Waals surface area contributed by atoms with Crippen molar-refractivity contribution in [2.24, 2.45) is 0 Å². The number of nitrogens with one attached hydrogen (secondary N) is 1. The number of aryl methyl sites for hydroxylation is 1. The predicted octanol–water partition coefficient (Wildman–Crippen LogP) is 6.15. The van der Waals surface area contributed by atoms with Gasteiger partial charge in [-0.25, -0.2) is 4.39 Å². The van der Waals surface area contributed by atoms with Crippen LogP contribution in [0.5, 0.6) is 5.75 Å². The lowest BCUT2D eigenvalue weighted by Gasteiger charge is -2.42. The highest BCUT2D eigenvalue weighted by molar-refractivity contribution is 5.91. The van der Waals surface area contributed by atoms with Crippen LogP contribution in [0, 0.1) is 12.7 Å². The minimum Gasteiger partial charge on any atom is -0.496 e. The molecule has 8 heteroatoms. The van der Waals surface area contributed by atoms with Crippen LogP contribution in [0.3, 0.4) is 0 Å². The summed E-state index contributed by atoms with van der Waals surface area (Å²) in [6.45, 7) is 6.16. The normalized spacial score (nSPS) is 15.2. The first-order valence-corrected chi connectivity index (χ1v) is 10.5. The van der Waals surface area contributed by atoms with Crippen LogP contribution in [-0.4, -0.2) is 35.0 Å². The first-order valence-electron chi connectivity index (χ1n) is 10.5. The van der Waals surface area contributed by atoms with Gasteiger partial charge in [0, 0.05) is 22.3 Å². The first-order chi connectivity index (χ1) is 15.3. The minimum atomic E-state index is -4.96. The van der Waals surface area contributed by atoms with Crippen LogP contribution in [0.15, 0.2) is 48.5 Å². The molecule has 2 N–H and O–H groups in total. The fraction of sp³-hybridized carbons (Fsp3) is 0.400. The smallest absolute Gasteiger partial charge is 0.419 e. The number of aromatic nitrogens is 1. The molecule has 1 unspecified atom stereocenters. The van der Waals surface area contributed by atoms with Gasteiger partial charge in [-0.3, -0.25) is 4.98 Å². The van der Waals surface area contributed by atoms with Gasteiger partial charge in [-0.05, 0) is 68.1 Å². The fourth-order valence-electron chi connectivity index (χ4n) is 4.21. The quantitative estimate of drug-likeness (QED) is 0.412. The predicted molar refractivity (Wildman–Crippen MR) is 121 cm³/mol. The Morgan fingerprint density at radius 3 is 2.42 bits per heavy atom. The zero-order valence-electron chi connectivity index (χ0n) is 19.2. The number of pyridine rings is 1. The number of alkyl halides is 3. The zero-order valence-corrected chi connectivity index (χ0v) is 19.2. The van der Waals surface area contributed by atoms with E-state index < -0.39 is 35.5 Å². The molecule has 0 radical (unpaired) electrons. The lowest BCUT2D eigenvalue weighted by Crippen LogP contribution is -2.58. The summed E-state index contributed by atoms with van der Waals surface area (Å²) in [7, 11) is 1.36. The zero-order chi connectivity index (χ0) is 24.6. The average molecular weight is 465 g/mol. The van der Waals surface area contributed by atoms with E-state index >= 15 is 0 Å². The molecule has 0 spiro atoms. The van der Waals surface area contributed by atoms with E-state index in [1.807, 2.05) is 6.92 Å². The molecule has 0 aliphatic rings. The SMILES string of the molecule is COc1ccc(F)cc1C(C)(C)C[C@](O)(C(C)Nc1cccc2nc(C)ccc12)C(F)(F)F. The number of ether oxygens (including phenoxy) is 1. The molecule has 0 aliphatic heterocycles. The third kappa shape index (κ3) is 4.90. The van der Waals surface area contributed by atoms with Crippen LogP contribution in [0.25, 0.3) is 10.9 Å². The van der Waals surface area contributed by atoms with Crippen molar-refractivity contribution in [1.29, 1.82) is 0 Å². The Kier molecular flexibility index (Phi) is 6.62. The van der Waals surface area contributed by atoms with E-state index in [1.165, 1.54) is 40.0 Å². The summed E-state index contributed by atoms with van der Waals surface area (Å²) in [4.78, 5) is 4.41. The molecule has 0 amide bonds. The molecule has 0 bridgehead atoms. The van der Waals surface area contributed by atoms with E-state index in [1.54, 1.807) is 30.3 Å². The van der Waals surface area contributed by atoms with Gasteiger partial charge in [0.2, 0.25) is 0 Å². The largest absolute Gasteiger partial charge is 0.496 e. The third-order valence-corrected chi connectivity index (χ3v) is 6.05. The number of halogens is 4. The molecule has 0 saturated carbocycles. The van der Waals surface area contributed by atoms with E-state index in [0.717, 1.165) is 11.8 Å². The minimum absolute atomic E-state index is 0.240. The summed E-state index contributed by atoms with van der Waals surface area (Å²) >= 11 is 0. The second-order valence-corrected chi connectivity index (χ2v) is 9.02. The van der Waals surface area contributed by atoms with E-state index in [4.69, 9.17) is 4.74 Å². The molecule has 3 aromatic rings.